The van der Waals surface area contributed by atoms with E-state index in [2.05, 4.69) is 22.5 Å². The largest absolute Gasteiger partial charge is 0.444 e. The zero-order valence-corrected chi connectivity index (χ0v) is 20.8. The van der Waals surface area contributed by atoms with Crippen LogP contribution in [0.1, 0.15) is 92.9 Å². The first kappa shape index (κ1) is 27.7. The Morgan fingerprint density at radius 3 is 1.16 bits per heavy atom. The summed E-state index contributed by atoms with van der Waals surface area (Å²) in [5.74, 6) is 6.32. The van der Waals surface area contributed by atoms with E-state index < -0.39 is 11.2 Å². The molecule has 2 amide bonds. The highest BCUT2D eigenvalue weighted by molar-refractivity contribution is 5.68. The van der Waals surface area contributed by atoms with E-state index in [4.69, 9.17) is 22.3 Å². The third kappa shape index (κ3) is 12.5. The molecule has 2 aliphatic rings. The molecule has 2 aliphatic carbocycles. The summed E-state index contributed by atoms with van der Waals surface area (Å²) in [5.41, 5.74) is -0.861. The van der Waals surface area contributed by atoms with Gasteiger partial charge in [-0.25, -0.2) is 9.59 Å². The molecule has 2 saturated carbocycles. The quantitative estimate of drug-likeness (QED) is 0.556. The predicted molar refractivity (Wildman–Crippen MR) is 128 cm³/mol. The SMILES string of the molecule is C#CC1CCC(NC(=O)OC(C)(C)C)CC1.C#CC1CCC(NC(=O)OC(C)(C)C)CC1. The fourth-order valence-electron chi connectivity index (χ4n) is 3.76. The number of hydrogen-bond acceptors (Lipinski definition) is 4. The van der Waals surface area contributed by atoms with E-state index in [1.807, 2.05) is 41.5 Å². The van der Waals surface area contributed by atoms with Crippen LogP contribution in [0.5, 0.6) is 0 Å². The molecule has 32 heavy (non-hydrogen) atoms. The Morgan fingerprint density at radius 2 is 0.938 bits per heavy atom. The molecular formula is C26H42N2O4. The van der Waals surface area contributed by atoms with E-state index in [0.717, 1.165) is 51.4 Å². The van der Waals surface area contributed by atoms with E-state index >= 15 is 0 Å². The van der Waals surface area contributed by atoms with Gasteiger partial charge in [-0.1, -0.05) is 0 Å². The van der Waals surface area contributed by atoms with Gasteiger partial charge in [-0.2, -0.15) is 0 Å². The van der Waals surface area contributed by atoms with Gasteiger partial charge in [0, 0.05) is 23.9 Å². The number of carbonyl (C=O) groups excluding carboxylic acids is 2. The lowest BCUT2D eigenvalue weighted by atomic mass is 9.87. The molecule has 0 bridgehead atoms. The summed E-state index contributed by atoms with van der Waals surface area (Å²) in [5, 5.41) is 5.78. The summed E-state index contributed by atoms with van der Waals surface area (Å²) >= 11 is 0. The average molecular weight is 447 g/mol. The van der Waals surface area contributed by atoms with Gasteiger partial charge in [0.15, 0.2) is 0 Å². The number of carbonyl (C=O) groups is 2. The number of ether oxygens (including phenoxy) is 2. The van der Waals surface area contributed by atoms with Crippen LogP contribution in [0.4, 0.5) is 9.59 Å². The highest BCUT2D eigenvalue weighted by Gasteiger charge is 2.24. The zero-order chi connectivity index (χ0) is 24.4. The van der Waals surface area contributed by atoms with Crippen molar-refractivity contribution in [1.82, 2.24) is 10.6 Å². The summed E-state index contributed by atoms with van der Waals surface area (Å²) < 4.78 is 10.4. The topological polar surface area (TPSA) is 76.7 Å². The van der Waals surface area contributed by atoms with Crippen molar-refractivity contribution in [2.75, 3.05) is 0 Å². The van der Waals surface area contributed by atoms with Crippen molar-refractivity contribution < 1.29 is 19.1 Å². The summed E-state index contributed by atoms with van der Waals surface area (Å²) in [7, 11) is 0. The maximum atomic E-state index is 11.5. The Balaban J connectivity index is 0.000000320. The van der Waals surface area contributed by atoms with E-state index in [-0.39, 0.29) is 24.3 Å². The summed E-state index contributed by atoms with van der Waals surface area (Å²) in [6.45, 7) is 11.2. The van der Waals surface area contributed by atoms with Crippen molar-refractivity contribution in [3.8, 4) is 24.7 Å². The molecule has 6 heteroatoms. The fraction of sp³-hybridized carbons (Fsp3) is 0.769. The highest BCUT2D eigenvalue weighted by atomic mass is 16.6. The van der Waals surface area contributed by atoms with Crippen LogP contribution in [0.2, 0.25) is 0 Å². The molecule has 0 spiro atoms. The Hall–Kier alpha value is -2.34. The summed E-state index contributed by atoms with van der Waals surface area (Å²) in [4.78, 5) is 23.0. The molecule has 180 valence electrons. The number of amides is 2. The van der Waals surface area contributed by atoms with E-state index in [0.29, 0.717) is 11.8 Å². The fourth-order valence-corrected chi connectivity index (χ4v) is 3.76. The van der Waals surface area contributed by atoms with Gasteiger partial charge < -0.3 is 20.1 Å². The van der Waals surface area contributed by atoms with Crippen molar-refractivity contribution >= 4 is 12.2 Å². The van der Waals surface area contributed by atoms with Crippen LogP contribution < -0.4 is 10.6 Å². The monoisotopic (exact) mass is 446 g/mol. The second-order valence-electron chi connectivity index (χ2n) is 10.7. The molecule has 0 aliphatic heterocycles. The minimum absolute atomic E-state index is 0.222. The van der Waals surface area contributed by atoms with Gasteiger partial charge >= 0.3 is 12.2 Å². The van der Waals surface area contributed by atoms with Crippen molar-refractivity contribution in [1.29, 1.82) is 0 Å². The average Bonchev–Trinajstić information content (AvgIpc) is 2.66. The number of hydrogen-bond donors (Lipinski definition) is 2. The first-order valence-corrected chi connectivity index (χ1v) is 11.7. The van der Waals surface area contributed by atoms with Crippen molar-refractivity contribution in [2.24, 2.45) is 11.8 Å². The Morgan fingerprint density at radius 1 is 0.656 bits per heavy atom. The summed E-state index contributed by atoms with van der Waals surface area (Å²) in [6, 6.07) is 0.443. The van der Waals surface area contributed by atoms with Gasteiger partial charge in [0.05, 0.1) is 0 Å². The van der Waals surface area contributed by atoms with Gasteiger partial charge in [0.25, 0.3) is 0 Å². The second-order valence-corrected chi connectivity index (χ2v) is 10.7. The Bertz CT molecular complexity index is 615. The lowest BCUT2D eigenvalue weighted by Crippen LogP contribution is -2.40. The zero-order valence-electron chi connectivity index (χ0n) is 20.8. The molecule has 0 radical (unpaired) electrons. The van der Waals surface area contributed by atoms with E-state index in [9.17, 15) is 9.59 Å². The molecule has 0 saturated heterocycles. The van der Waals surface area contributed by atoms with E-state index in [1.165, 1.54) is 0 Å². The third-order valence-electron chi connectivity index (χ3n) is 5.37. The van der Waals surface area contributed by atoms with Crippen LogP contribution in [0, 0.1) is 36.5 Å². The van der Waals surface area contributed by atoms with Crippen LogP contribution in [0.3, 0.4) is 0 Å². The van der Waals surface area contributed by atoms with Gasteiger partial charge in [-0.15, -0.1) is 24.7 Å². The molecule has 0 heterocycles. The third-order valence-corrected chi connectivity index (χ3v) is 5.37. The molecule has 0 aromatic rings. The highest BCUT2D eigenvalue weighted by Crippen LogP contribution is 2.24. The van der Waals surface area contributed by atoms with E-state index in [1.54, 1.807) is 0 Å². The predicted octanol–water partition coefficient (Wildman–Crippen LogP) is 5.41. The summed E-state index contributed by atoms with van der Waals surface area (Å²) in [6.07, 6.45) is 17.9. The molecule has 0 unspecified atom stereocenters. The molecule has 2 N–H and O–H groups in total. The van der Waals surface area contributed by atoms with Crippen LogP contribution >= 0.6 is 0 Å². The second kappa shape index (κ2) is 12.6. The number of alkyl carbamates (subject to hydrolysis) is 2. The number of nitrogens with one attached hydrogen (secondary N) is 2. The van der Waals surface area contributed by atoms with Crippen molar-refractivity contribution in [2.45, 2.75) is 116 Å². The van der Waals surface area contributed by atoms with Crippen molar-refractivity contribution in [3.63, 3.8) is 0 Å². The molecule has 2 rings (SSSR count). The van der Waals surface area contributed by atoms with Gasteiger partial charge in [0.1, 0.15) is 11.2 Å². The Labute approximate surface area is 195 Å². The minimum atomic E-state index is -0.430. The van der Waals surface area contributed by atoms with Crippen LogP contribution in [0.15, 0.2) is 0 Å². The maximum Gasteiger partial charge on any atom is 0.407 e. The van der Waals surface area contributed by atoms with Gasteiger partial charge in [-0.3, -0.25) is 0 Å². The van der Waals surface area contributed by atoms with Crippen LogP contribution in [-0.2, 0) is 9.47 Å². The molecular weight excluding hydrogens is 404 g/mol. The van der Waals surface area contributed by atoms with Crippen LogP contribution in [0.25, 0.3) is 0 Å². The minimum Gasteiger partial charge on any atom is -0.444 e. The smallest absolute Gasteiger partial charge is 0.407 e. The first-order valence-electron chi connectivity index (χ1n) is 11.7. The lowest BCUT2D eigenvalue weighted by Gasteiger charge is -2.28. The maximum absolute atomic E-state index is 11.5. The molecule has 0 atom stereocenters. The number of terminal acetylenes is 2. The molecule has 6 nitrogen and oxygen atoms in total. The van der Waals surface area contributed by atoms with Crippen molar-refractivity contribution in [3.05, 3.63) is 0 Å². The first-order chi connectivity index (χ1) is 14.8. The lowest BCUT2D eigenvalue weighted by molar-refractivity contribution is 0.0478. The van der Waals surface area contributed by atoms with Crippen LogP contribution in [-0.4, -0.2) is 35.5 Å². The Kier molecular flexibility index (Phi) is 10.9. The molecule has 2 fully saturated rings. The molecule has 0 aromatic carbocycles. The molecule has 0 aromatic heterocycles. The number of rotatable bonds is 2. The normalized spacial score (nSPS) is 25.6. The van der Waals surface area contributed by atoms with Gasteiger partial charge in [0.2, 0.25) is 0 Å². The van der Waals surface area contributed by atoms with Gasteiger partial charge in [-0.05, 0) is 92.9 Å². The standard InChI is InChI=1S/2C13H21NO2/c2*1-5-10-6-8-11(9-7-10)14-12(15)16-13(2,3)4/h2*1,10-11H,6-9H2,2-4H3,(H,14,15).